The summed E-state index contributed by atoms with van der Waals surface area (Å²) in [5, 5.41) is 12.5. The van der Waals surface area contributed by atoms with Crippen LogP contribution in [0.1, 0.15) is 41.7 Å². The second-order valence-electron chi connectivity index (χ2n) is 8.04. The molecule has 0 saturated carbocycles. The normalized spacial score (nSPS) is 11.9. The second-order valence-corrected chi connectivity index (χ2v) is 11.5. The average Bonchev–Trinajstić information content (AvgIpc) is 3.18. The number of carbonyl (C=O) groups is 1. The third kappa shape index (κ3) is 6.19. The first-order chi connectivity index (χ1) is 15.0. The maximum atomic E-state index is 12.6. The Balaban J connectivity index is 1.59. The number of benzene rings is 2. The van der Waals surface area contributed by atoms with Crippen molar-refractivity contribution in [1.82, 2.24) is 15.5 Å². The van der Waals surface area contributed by atoms with Crippen molar-refractivity contribution in [2.45, 2.75) is 37.5 Å². The number of nitrogens with one attached hydrogen (secondary N) is 2. The van der Waals surface area contributed by atoms with Crippen LogP contribution in [0.4, 0.5) is 5.13 Å². The van der Waals surface area contributed by atoms with Crippen molar-refractivity contribution < 1.29 is 13.2 Å². The highest BCUT2D eigenvalue weighted by atomic mass is 35.5. The molecule has 0 atom stereocenters. The summed E-state index contributed by atoms with van der Waals surface area (Å²) >= 11 is 13.2. The number of anilines is 1. The zero-order valence-corrected chi connectivity index (χ0v) is 20.8. The van der Waals surface area contributed by atoms with Gasteiger partial charge in [0.25, 0.3) is 15.9 Å². The fourth-order valence-corrected chi connectivity index (χ4v) is 5.07. The lowest BCUT2D eigenvalue weighted by Gasteiger charge is -2.12. The number of aromatic nitrogens is 2. The Bertz CT molecular complexity index is 1220. The van der Waals surface area contributed by atoms with Crippen molar-refractivity contribution in [1.29, 1.82) is 0 Å². The molecule has 0 aliphatic rings. The fraction of sp³-hybridized carbons (Fsp3) is 0.286. The number of halogens is 2. The van der Waals surface area contributed by atoms with Crippen LogP contribution >= 0.6 is 34.5 Å². The van der Waals surface area contributed by atoms with E-state index in [1.54, 1.807) is 24.3 Å². The van der Waals surface area contributed by atoms with Crippen LogP contribution in [0.15, 0.2) is 47.4 Å². The summed E-state index contributed by atoms with van der Waals surface area (Å²) in [4.78, 5) is 12.4. The van der Waals surface area contributed by atoms with E-state index in [-0.39, 0.29) is 21.3 Å². The predicted octanol–water partition coefficient (Wildman–Crippen LogP) is 4.92. The van der Waals surface area contributed by atoms with Gasteiger partial charge >= 0.3 is 0 Å². The van der Waals surface area contributed by atoms with Gasteiger partial charge in [0.2, 0.25) is 5.13 Å². The number of nitrogens with zero attached hydrogens (tertiary/aromatic N) is 2. The summed E-state index contributed by atoms with van der Waals surface area (Å²) in [6, 6.07) is 11.1. The van der Waals surface area contributed by atoms with E-state index in [0.29, 0.717) is 28.6 Å². The van der Waals surface area contributed by atoms with Gasteiger partial charge in [-0.3, -0.25) is 9.52 Å². The van der Waals surface area contributed by atoms with E-state index in [9.17, 15) is 13.2 Å². The molecule has 0 fully saturated rings. The van der Waals surface area contributed by atoms with Crippen LogP contribution in [0.2, 0.25) is 10.0 Å². The van der Waals surface area contributed by atoms with Crippen LogP contribution in [0.25, 0.3) is 0 Å². The lowest BCUT2D eigenvalue weighted by Crippen LogP contribution is -2.26. The Morgan fingerprint density at radius 1 is 1.06 bits per heavy atom. The fourth-order valence-electron chi connectivity index (χ4n) is 2.66. The van der Waals surface area contributed by atoms with Crippen LogP contribution < -0.4 is 10.0 Å². The molecule has 0 saturated heterocycles. The van der Waals surface area contributed by atoms with Crippen LogP contribution in [-0.2, 0) is 21.9 Å². The molecule has 11 heteroatoms. The van der Waals surface area contributed by atoms with Crippen molar-refractivity contribution >= 4 is 55.6 Å². The van der Waals surface area contributed by atoms with Gasteiger partial charge in [0.1, 0.15) is 5.01 Å². The van der Waals surface area contributed by atoms with Crippen molar-refractivity contribution in [3.05, 3.63) is 68.6 Å². The molecular weight excluding hydrogens is 491 g/mol. The van der Waals surface area contributed by atoms with Crippen molar-refractivity contribution in [3.8, 4) is 0 Å². The molecule has 0 aliphatic carbocycles. The van der Waals surface area contributed by atoms with Gasteiger partial charge in [-0.2, -0.15) is 0 Å². The average molecular weight is 513 g/mol. The molecule has 170 valence electrons. The first-order valence-electron chi connectivity index (χ1n) is 9.65. The molecule has 7 nitrogen and oxygen atoms in total. The van der Waals surface area contributed by atoms with E-state index in [0.717, 1.165) is 10.6 Å². The highest BCUT2D eigenvalue weighted by molar-refractivity contribution is 7.93. The Kier molecular flexibility index (Phi) is 7.44. The Hall–Kier alpha value is -2.20. The maximum Gasteiger partial charge on any atom is 0.263 e. The first-order valence-corrected chi connectivity index (χ1v) is 12.7. The van der Waals surface area contributed by atoms with Gasteiger partial charge in [-0.15, -0.1) is 10.2 Å². The van der Waals surface area contributed by atoms with Crippen molar-refractivity contribution in [2.75, 3.05) is 11.3 Å². The quantitative estimate of drug-likeness (QED) is 0.467. The van der Waals surface area contributed by atoms with Crippen molar-refractivity contribution in [2.24, 2.45) is 0 Å². The number of hydrogen-bond donors (Lipinski definition) is 2. The predicted molar refractivity (Wildman–Crippen MR) is 128 cm³/mol. The van der Waals surface area contributed by atoms with E-state index >= 15 is 0 Å². The molecule has 0 radical (unpaired) electrons. The van der Waals surface area contributed by atoms with Gasteiger partial charge < -0.3 is 5.32 Å². The molecule has 1 amide bonds. The molecule has 1 heterocycles. The third-order valence-electron chi connectivity index (χ3n) is 4.39. The van der Waals surface area contributed by atoms with E-state index < -0.39 is 10.0 Å². The molecule has 0 unspecified atom stereocenters. The highest BCUT2D eigenvalue weighted by Gasteiger charge is 2.22. The molecule has 0 aliphatic heterocycles. The Labute approximate surface area is 201 Å². The Morgan fingerprint density at radius 3 is 2.38 bits per heavy atom. The second kappa shape index (κ2) is 9.74. The lowest BCUT2D eigenvalue weighted by atomic mass is 9.98. The van der Waals surface area contributed by atoms with Gasteiger partial charge in [-0.05, 0) is 42.3 Å². The summed E-state index contributed by atoms with van der Waals surface area (Å²) in [6.45, 7) is 6.30. The number of rotatable bonds is 7. The summed E-state index contributed by atoms with van der Waals surface area (Å²) in [5.74, 6) is -0.326. The molecular formula is C21H22Cl2N4O3S2. The minimum absolute atomic E-state index is 0.114. The van der Waals surface area contributed by atoms with Crippen LogP contribution in [-0.4, -0.2) is 31.1 Å². The smallest absolute Gasteiger partial charge is 0.263 e. The molecule has 0 bridgehead atoms. The highest BCUT2D eigenvalue weighted by Crippen LogP contribution is 2.29. The standard InChI is InChI=1S/C21H22Cl2N4O3S2/c1-21(2,3)19-25-26-20(31-19)27-32(29,30)15-7-4-13(5-8-15)10-11-24-18(28)16-12-14(22)6-9-17(16)23/h4-9,12H,10-11H2,1-3H3,(H,24,28)(H,26,27). The van der Waals surface area contributed by atoms with Crippen molar-refractivity contribution in [3.63, 3.8) is 0 Å². The number of sulfonamides is 1. The Morgan fingerprint density at radius 2 is 1.75 bits per heavy atom. The molecule has 3 rings (SSSR count). The first kappa shape index (κ1) is 24.4. The molecule has 2 N–H and O–H groups in total. The molecule has 0 spiro atoms. The van der Waals surface area contributed by atoms with Crippen LogP contribution in [0, 0.1) is 0 Å². The zero-order chi connectivity index (χ0) is 23.5. The SMILES string of the molecule is CC(C)(C)c1nnc(NS(=O)(=O)c2ccc(CCNC(=O)c3cc(Cl)ccc3Cl)cc2)s1. The van der Waals surface area contributed by atoms with Gasteiger partial charge in [-0.25, -0.2) is 8.42 Å². The molecule has 1 aromatic heterocycles. The van der Waals surface area contributed by atoms with E-state index in [1.165, 1.54) is 29.5 Å². The van der Waals surface area contributed by atoms with Crippen LogP contribution in [0.5, 0.6) is 0 Å². The van der Waals surface area contributed by atoms with Gasteiger partial charge in [0.15, 0.2) is 0 Å². The monoisotopic (exact) mass is 512 g/mol. The van der Waals surface area contributed by atoms with Gasteiger partial charge in [0.05, 0.1) is 15.5 Å². The number of amides is 1. The summed E-state index contributed by atoms with van der Waals surface area (Å²) in [6.07, 6.45) is 0.517. The third-order valence-corrected chi connectivity index (χ3v) is 7.71. The van der Waals surface area contributed by atoms with Crippen LogP contribution in [0.3, 0.4) is 0 Å². The van der Waals surface area contributed by atoms with E-state index in [1.807, 2.05) is 20.8 Å². The topological polar surface area (TPSA) is 101 Å². The summed E-state index contributed by atoms with van der Waals surface area (Å²) < 4.78 is 27.7. The molecule has 2 aromatic carbocycles. The minimum Gasteiger partial charge on any atom is -0.352 e. The minimum atomic E-state index is -3.78. The van der Waals surface area contributed by atoms with E-state index in [4.69, 9.17) is 23.2 Å². The molecule has 3 aromatic rings. The summed E-state index contributed by atoms with van der Waals surface area (Å²) in [7, 11) is -3.78. The van der Waals surface area contributed by atoms with E-state index in [2.05, 4.69) is 20.2 Å². The van der Waals surface area contributed by atoms with Gasteiger partial charge in [0, 0.05) is 17.0 Å². The lowest BCUT2D eigenvalue weighted by molar-refractivity contribution is 0.0954. The molecule has 32 heavy (non-hydrogen) atoms. The summed E-state index contributed by atoms with van der Waals surface area (Å²) in [5.41, 5.74) is 0.960. The maximum absolute atomic E-state index is 12.6. The zero-order valence-electron chi connectivity index (χ0n) is 17.6. The number of hydrogen-bond acceptors (Lipinski definition) is 6. The van der Waals surface area contributed by atoms with Gasteiger partial charge in [-0.1, -0.05) is 67.4 Å². The number of carbonyl (C=O) groups excluding carboxylic acids is 1. The largest absolute Gasteiger partial charge is 0.352 e.